The first kappa shape index (κ1) is 18.6. The Morgan fingerprint density at radius 1 is 1.12 bits per heavy atom. The number of benzene rings is 1. The van der Waals surface area contributed by atoms with Gasteiger partial charge in [0, 0.05) is 12.1 Å². The van der Waals surface area contributed by atoms with E-state index in [1.54, 1.807) is 33.5 Å². The van der Waals surface area contributed by atoms with Gasteiger partial charge in [-0.15, -0.1) is 0 Å². The van der Waals surface area contributed by atoms with Gasteiger partial charge in [-0.3, -0.25) is 4.79 Å². The zero-order chi connectivity index (χ0) is 18.7. The van der Waals surface area contributed by atoms with Crippen LogP contribution in [0.3, 0.4) is 0 Å². The summed E-state index contributed by atoms with van der Waals surface area (Å²) < 4.78 is 16.0. The van der Waals surface area contributed by atoms with Crippen LogP contribution in [0.15, 0.2) is 18.2 Å². The first-order chi connectivity index (χ1) is 12.5. The Bertz CT molecular complexity index is 660. The molecule has 5 heteroatoms. The van der Waals surface area contributed by atoms with Crippen LogP contribution >= 0.6 is 0 Å². The number of hydrogen-bond acceptors (Lipinski definition) is 4. The van der Waals surface area contributed by atoms with E-state index in [2.05, 4.69) is 12.2 Å². The van der Waals surface area contributed by atoms with Crippen molar-refractivity contribution in [2.45, 2.75) is 38.6 Å². The van der Waals surface area contributed by atoms with E-state index in [9.17, 15) is 4.79 Å². The van der Waals surface area contributed by atoms with E-state index < -0.39 is 0 Å². The van der Waals surface area contributed by atoms with Crippen LogP contribution in [0.25, 0.3) is 6.08 Å². The van der Waals surface area contributed by atoms with Crippen LogP contribution in [0.5, 0.6) is 17.2 Å². The van der Waals surface area contributed by atoms with Crippen LogP contribution in [-0.2, 0) is 4.79 Å². The molecular weight excluding hydrogens is 330 g/mol. The Morgan fingerprint density at radius 3 is 2.31 bits per heavy atom. The van der Waals surface area contributed by atoms with E-state index >= 15 is 0 Å². The van der Waals surface area contributed by atoms with E-state index in [0.29, 0.717) is 23.2 Å². The van der Waals surface area contributed by atoms with Gasteiger partial charge >= 0.3 is 0 Å². The summed E-state index contributed by atoms with van der Waals surface area (Å²) in [6.07, 6.45) is 8.67. The van der Waals surface area contributed by atoms with Crippen molar-refractivity contribution in [3.05, 3.63) is 23.8 Å². The van der Waals surface area contributed by atoms with Gasteiger partial charge in [-0.05, 0) is 67.7 Å². The van der Waals surface area contributed by atoms with Gasteiger partial charge in [0.2, 0.25) is 11.7 Å². The van der Waals surface area contributed by atoms with Gasteiger partial charge in [-0.2, -0.15) is 0 Å². The van der Waals surface area contributed by atoms with E-state index in [4.69, 9.17) is 14.2 Å². The molecule has 4 unspecified atom stereocenters. The van der Waals surface area contributed by atoms with Gasteiger partial charge in [-0.25, -0.2) is 0 Å². The normalized spacial score (nSPS) is 25.3. The van der Waals surface area contributed by atoms with Crippen molar-refractivity contribution in [1.82, 2.24) is 5.32 Å². The molecule has 4 atom stereocenters. The standard InChI is InChI=1S/C21H29NO4/c1-13(17-10-14-5-7-16(17)9-14)22-20(23)8-6-15-11-18(24-2)21(26-4)19(12-15)25-3/h6,8,11-14,16-17H,5,7,9-10H2,1-4H3,(H,22,23). The van der Waals surface area contributed by atoms with Crippen LogP contribution in [0.2, 0.25) is 0 Å². The van der Waals surface area contributed by atoms with Gasteiger partial charge in [-0.1, -0.05) is 6.42 Å². The van der Waals surface area contributed by atoms with E-state index in [1.807, 2.05) is 12.1 Å². The van der Waals surface area contributed by atoms with Gasteiger partial charge < -0.3 is 19.5 Å². The van der Waals surface area contributed by atoms with Crippen LogP contribution in [-0.4, -0.2) is 33.3 Å². The highest BCUT2D eigenvalue weighted by molar-refractivity contribution is 5.92. The van der Waals surface area contributed by atoms with Crippen molar-refractivity contribution in [3.8, 4) is 17.2 Å². The first-order valence-corrected chi connectivity index (χ1v) is 9.34. The maximum Gasteiger partial charge on any atom is 0.244 e. The maximum atomic E-state index is 12.3. The average Bonchev–Trinajstić information content (AvgIpc) is 3.28. The highest BCUT2D eigenvalue weighted by Crippen LogP contribution is 2.49. The fraction of sp³-hybridized carbons (Fsp3) is 0.571. The Kier molecular flexibility index (Phi) is 5.74. The SMILES string of the molecule is COc1cc(C=CC(=O)NC(C)C2CC3CCC2C3)cc(OC)c1OC. The molecule has 2 aliphatic carbocycles. The predicted octanol–water partition coefficient (Wildman–Crippen LogP) is 3.67. The van der Waals surface area contributed by atoms with Crippen molar-refractivity contribution in [3.63, 3.8) is 0 Å². The molecule has 1 N–H and O–H groups in total. The highest BCUT2D eigenvalue weighted by Gasteiger charge is 2.41. The molecule has 2 aliphatic rings. The summed E-state index contributed by atoms with van der Waals surface area (Å²) in [7, 11) is 4.73. The smallest absolute Gasteiger partial charge is 0.244 e. The van der Waals surface area contributed by atoms with Gasteiger partial charge in [0.15, 0.2) is 11.5 Å². The molecule has 0 heterocycles. The minimum absolute atomic E-state index is 0.0611. The molecule has 0 aromatic heterocycles. The molecule has 1 aromatic carbocycles. The summed E-state index contributed by atoms with van der Waals surface area (Å²) in [5.41, 5.74) is 0.822. The molecule has 142 valence electrons. The molecule has 1 aromatic rings. The summed E-state index contributed by atoms with van der Waals surface area (Å²) in [6, 6.07) is 3.87. The van der Waals surface area contributed by atoms with Crippen LogP contribution in [0, 0.1) is 17.8 Å². The van der Waals surface area contributed by atoms with E-state index in [1.165, 1.54) is 25.7 Å². The van der Waals surface area contributed by atoms with Gasteiger partial charge in [0.1, 0.15) is 0 Å². The van der Waals surface area contributed by atoms with Crippen LogP contribution in [0.1, 0.15) is 38.2 Å². The van der Waals surface area contributed by atoms with E-state index in [0.717, 1.165) is 17.4 Å². The molecule has 1 amide bonds. The lowest BCUT2D eigenvalue weighted by atomic mass is 9.84. The maximum absolute atomic E-state index is 12.3. The second-order valence-corrected chi connectivity index (χ2v) is 7.43. The fourth-order valence-electron chi connectivity index (χ4n) is 4.66. The number of carbonyl (C=O) groups is 1. The molecule has 0 saturated heterocycles. The predicted molar refractivity (Wildman–Crippen MR) is 102 cm³/mol. The zero-order valence-electron chi connectivity index (χ0n) is 16.1. The number of methoxy groups -OCH3 is 3. The van der Waals surface area contributed by atoms with Gasteiger partial charge in [0.25, 0.3) is 0 Å². The molecule has 3 rings (SSSR count). The number of amides is 1. The molecule has 5 nitrogen and oxygen atoms in total. The molecule has 2 bridgehead atoms. The zero-order valence-corrected chi connectivity index (χ0v) is 16.1. The third-order valence-electron chi connectivity index (χ3n) is 5.92. The summed E-state index contributed by atoms with van der Waals surface area (Å²) in [6.45, 7) is 2.14. The van der Waals surface area contributed by atoms with Crippen molar-refractivity contribution in [1.29, 1.82) is 0 Å². The number of ether oxygens (including phenoxy) is 3. The lowest BCUT2D eigenvalue weighted by molar-refractivity contribution is -0.117. The lowest BCUT2D eigenvalue weighted by Gasteiger charge is -2.28. The Morgan fingerprint density at radius 2 is 1.81 bits per heavy atom. The Balaban J connectivity index is 1.64. The van der Waals surface area contributed by atoms with Crippen LogP contribution in [0.4, 0.5) is 0 Å². The summed E-state index contributed by atoms with van der Waals surface area (Å²) >= 11 is 0. The quantitative estimate of drug-likeness (QED) is 0.755. The van der Waals surface area contributed by atoms with Crippen molar-refractivity contribution in [2.75, 3.05) is 21.3 Å². The minimum atomic E-state index is -0.0611. The molecular formula is C21H29NO4. The van der Waals surface area contributed by atoms with Gasteiger partial charge in [0.05, 0.1) is 21.3 Å². The average molecular weight is 359 g/mol. The topological polar surface area (TPSA) is 56.8 Å². The number of rotatable bonds is 7. The molecule has 2 fully saturated rings. The third-order valence-corrected chi connectivity index (χ3v) is 5.92. The largest absolute Gasteiger partial charge is 0.493 e. The Labute approximate surface area is 155 Å². The van der Waals surface area contributed by atoms with E-state index in [-0.39, 0.29) is 11.9 Å². The fourth-order valence-corrected chi connectivity index (χ4v) is 4.66. The second kappa shape index (κ2) is 8.02. The molecule has 26 heavy (non-hydrogen) atoms. The Hall–Kier alpha value is -2.17. The minimum Gasteiger partial charge on any atom is -0.493 e. The summed E-state index contributed by atoms with van der Waals surface area (Å²) in [4.78, 5) is 12.3. The lowest BCUT2D eigenvalue weighted by Crippen LogP contribution is -2.39. The molecule has 0 spiro atoms. The number of hydrogen-bond donors (Lipinski definition) is 1. The first-order valence-electron chi connectivity index (χ1n) is 9.34. The highest BCUT2D eigenvalue weighted by atomic mass is 16.5. The van der Waals surface area contributed by atoms with Crippen molar-refractivity contribution in [2.24, 2.45) is 17.8 Å². The number of carbonyl (C=O) groups excluding carboxylic acids is 1. The van der Waals surface area contributed by atoms with Crippen LogP contribution < -0.4 is 19.5 Å². The summed E-state index contributed by atoms with van der Waals surface area (Å²) in [5.74, 6) is 3.95. The molecule has 0 aliphatic heterocycles. The number of nitrogens with one attached hydrogen (secondary N) is 1. The van der Waals surface area contributed by atoms with Crippen molar-refractivity contribution < 1.29 is 19.0 Å². The molecule has 2 saturated carbocycles. The second-order valence-electron chi connectivity index (χ2n) is 7.43. The molecule has 0 radical (unpaired) electrons. The summed E-state index contributed by atoms with van der Waals surface area (Å²) in [5, 5.41) is 3.14. The third kappa shape index (κ3) is 3.81. The monoisotopic (exact) mass is 359 g/mol. The number of fused-ring (bicyclic) bond motifs is 2. The van der Waals surface area contributed by atoms with Crippen molar-refractivity contribution >= 4 is 12.0 Å².